The van der Waals surface area contributed by atoms with Crippen LogP contribution in [0.25, 0.3) is 0 Å². The maximum Gasteiger partial charge on any atom is 0.240 e. The van der Waals surface area contributed by atoms with Crippen LogP contribution in [0.15, 0.2) is 24.3 Å². The van der Waals surface area contributed by atoms with E-state index in [1.807, 2.05) is 0 Å². The zero-order valence-electron chi connectivity index (χ0n) is 11.8. The van der Waals surface area contributed by atoms with E-state index < -0.39 is 11.5 Å². The third-order valence-corrected chi connectivity index (χ3v) is 4.07. The lowest BCUT2D eigenvalue weighted by atomic mass is 9.74. The molecule has 1 saturated carbocycles. The first-order valence-corrected chi connectivity index (χ1v) is 7.20. The van der Waals surface area contributed by atoms with Crippen molar-refractivity contribution in [1.29, 1.82) is 5.26 Å². The zero-order valence-corrected chi connectivity index (χ0v) is 11.8. The molecule has 1 aliphatic rings. The van der Waals surface area contributed by atoms with Crippen LogP contribution in [0, 0.1) is 22.6 Å². The Bertz CT molecular complexity index is 530. The summed E-state index contributed by atoms with van der Waals surface area (Å²) in [7, 11) is 0. The van der Waals surface area contributed by atoms with Crippen LogP contribution >= 0.6 is 0 Å². The first-order valence-electron chi connectivity index (χ1n) is 7.20. The third kappa shape index (κ3) is 3.59. The lowest BCUT2D eigenvalue weighted by molar-refractivity contribution is -0.130. The second-order valence-corrected chi connectivity index (χ2v) is 5.53. The van der Waals surface area contributed by atoms with Gasteiger partial charge in [-0.1, -0.05) is 31.4 Å². The average molecular weight is 290 g/mol. The van der Waals surface area contributed by atoms with Gasteiger partial charge in [0.15, 0.2) is 0 Å². The SMILES string of the molecule is N#CC1(C(=O)NCC(O)c2ccc(F)cc2)CCCCC1. The molecule has 112 valence electrons. The Kier molecular flexibility index (Phi) is 4.92. The van der Waals surface area contributed by atoms with E-state index in [-0.39, 0.29) is 18.3 Å². The summed E-state index contributed by atoms with van der Waals surface area (Å²) in [5.74, 6) is -0.688. The Labute approximate surface area is 123 Å². The summed E-state index contributed by atoms with van der Waals surface area (Å²) in [6, 6.07) is 7.63. The Morgan fingerprint density at radius 1 is 1.33 bits per heavy atom. The van der Waals surface area contributed by atoms with E-state index >= 15 is 0 Å². The Morgan fingerprint density at radius 2 is 1.95 bits per heavy atom. The Morgan fingerprint density at radius 3 is 2.52 bits per heavy atom. The number of hydrogen-bond donors (Lipinski definition) is 2. The number of nitriles is 1. The highest BCUT2D eigenvalue weighted by atomic mass is 19.1. The van der Waals surface area contributed by atoms with Gasteiger partial charge in [-0.15, -0.1) is 0 Å². The van der Waals surface area contributed by atoms with E-state index in [0.29, 0.717) is 18.4 Å². The highest BCUT2D eigenvalue weighted by molar-refractivity contribution is 5.85. The van der Waals surface area contributed by atoms with Gasteiger partial charge in [0.1, 0.15) is 11.2 Å². The predicted molar refractivity (Wildman–Crippen MR) is 75.5 cm³/mol. The summed E-state index contributed by atoms with van der Waals surface area (Å²) in [6.07, 6.45) is 3.04. The van der Waals surface area contributed by atoms with Gasteiger partial charge < -0.3 is 10.4 Å². The molecule has 0 heterocycles. The van der Waals surface area contributed by atoms with Gasteiger partial charge in [0, 0.05) is 6.54 Å². The zero-order chi connectivity index (χ0) is 15.3. The molecule has 0 spiro atoms. The minimum absolute atomic E-state index is 0.0217. The minimum atomic E-state index is -0.958. The van der Waals surface area contributed by atoms with E-state index in [0.717, 1.165) is 19.3 Å². The number of halogens is 1. The number of hydrogen-bond acceptors (Lipinski definition) is 3. The number of carbonyl (C=O) groups excluding carboxylic acids is 1. The molecule has 1 aromatic carbocycles. The number of benzene rings is 1. The van der Waals surface area contributed by atoms with Crippen molar-refractivity contribution >= 4 is 5.91 Å². The van der Waals surface area contributed by atoms with Crippen molar-refractivity contribution in [2.45, 2.75) is 38.2 Å². The van der Waals surface area contributed by atoms with Crippen molar-refractivity contribution < 1.29 is 14.3 Å². The second kappa shape index (κ2) is 6.68. The van der Waals surface area contributed by atoms with Gasteiger partial charge in [-0.3, -0.25) is 4.79 Å². The van der Waals surface area contributed by atoms with E-state index in [4.69, 9.17) is 0 Å². The second-order valence-electron chi connectivity index (χ2n) is 5.53. The number of rotatable bonds is 4. The Balaban J connectivity index is 1.94. The van der Waals surface area contributed by atoms with Crippen LogP contribution in [0.1, 0.15) is 43.8 Å². The average Bonchev–Trinajstić information content (AvgIpc) is 2.53. The van der Waals surface area contributed by atoms with Crippen LogP contribution < -0.4 is 5.32 Å². The molecule has 2 rings (SSSR count). The molecule has 2 N–H and O–H groups in total. The molecule has 0 aliphatic heterocycles. The minimum Gasteiger partial charge on any atom is -0.387 e. The largest absolute Gasteiger partial charge is 0.387 e. The molecule has 1 unspecified atom stereocenters. The first kappa shape index (κ1) is 15.5. The summed E-state index contributed by atoms with van der Waals surface area (Å²) in [6.45, 7) is 0.0217. The van der Waals surface area contributed by atoms with Crippen molar-refractivity contribution in [1.82, 2.24) is 5.32 Å². The molecule has 1 atom stereocenters. The van der Waals surface area contributed by atoms with Gasteiger partial charge in [0.2, 0.25) is 5.91 Å². The summed E-state index contributed by atoms with van der Waals surface area (Å²) in [5, 5.41) is 22.0. The summed E-state index contributed by atoms with van der Waals surface area (Å²) < 4.78 is 12.8. The molecule has 1 aliphatic carbocycles. The molecule has 1 aromatic rings. The highest BCUT2D eigenvalue weighted by Gasteiger charge is 2.39. The van der Waals surface area contributed by atoms with Crippen LogP contribution in [0.5, 0.6) is 0 Å². The van der Waals surface area contributed by atoms with Crippen LogP contribution in [-0.2, 0) is 4.79 Å². The number of carbonyl (C=O) groups is 1. The molecule has 0 aromatic heterocycles. The number of nitrogens with zero attached hydrogens (tertiary/aromatic N) is 1. The number of aliphatic hydroxyl groups excluding tert-OH is 1. The fourth-order valence-corrected chi connectivity index (χ4v) is 2.71. The quantitative estimate of drug-likeness (QED) is 0.894. The molecule has 0 bridgehead atoms. The topological polar surface area (TPSA) is 73.1 Å². The van der Waals surface area contributed by atoms with Gasteiger partial charge >= 0.3 is 0 Å². The molecule has 0 saturated heterocycles. The smallest absolute Gasteiger partial charge is 0.240 e. The summed E-state index contributed by atoms with van der Waals surface area (Å²) in [4.78, 5) is 12.2. The molecule has 21 heavy (non-hydrogen) atoms. The van der Waals surface area contributed by atoms with Crippen LogP contribution in [0.2, 0.25) is 0 Å². The van der Waals surface area contributed by atoms with Crippen molar-refractivity contribution in [2.24, 2.45) is 5.41 Å². The third-order valence-electron chi connectivity index (χ3n) is 4.07. The van der Waals surface area contributed by atoms with E-state index in [9.17, 15) is 19.6 Å². The van der Waals surface area contributed by atoms with Gasteiger partial charge in [0.25, 0.3) is 0 Å². The van der Waals surface area contributed by atoms with Gasteiger partial charge in [-0.05, 0) is 30.5 Å². The fraction of sp³-hybridized carbons (Fsp3) is 0.500. The van der Waals surface area contributed by atoms with E-state index in [1.54, 1.807) is 0 Å². The van der Waals surface area contributed by atoms with E-state index in [1.165, 1.54) is 24.3 Å². The lowest BCUT2D eigenvalue weighted by Crippen LogP contribution is -2.42. The molecular weight excluding hydrogens is 271 g/mol. The standard InChI is InChI=1S/C16H19FN2O2/c17-13-6-4-12(5-7-13)14(20)10-19-15(21)16(11-18)8-2-1-3-9-16/h4-7,14,20H,1-3,8-10H2,(H,19,21). The Hall–Kier alpha value is -1.93. The van der Waals surface area contributed by atoms with Gasteiger partial charge in [-0.25, -0.2) is 4.39 Å². The van der Waals surface area contributed by atoms with Crippen molar-refractivity contribution in [3.63, 3.8) is 0 Å². The number of aliphatic hydroxyl groups is 1. The fourth-order valence-electron chi connectivity index (χ4n) is 2.71. The molecule has 5 heteroatoms. The lowest BCUT2D eigenvalue weighted by Gasteiger charge is -2.29. The summed E-state index contributed by atoms with van der Waals surface area (Å²) in [5.41, 5.74) is -0.424. The monoisotopic (exact) mass is 290 g/mol. The van der Waals surface area contributed by atoms with Gasteiger partial charge in [0.05, 0.1) is 12.2 Å². The van der Waals surface area contributed by atoms with Crippen LogP contribution in [0.4, 0.5) is 4.39 Å². The highest BCUT2D eigenvalue weighted by Crippen LogP contribution is 2.35. The molecular formula is C16H19FN2O2. The molecule has 1 fully saturated rings. The molecule has 1 amide bonds. The normalized spacial score (nSPS) is 18.5. The molecule has 4 nitrogen and oxygen atoms in total. The van der Waals surface area contributed by atoms with E-state index in [2.05, 4.69) is 11.4 Å². The van der Waals surface area contributed by atoms with Crippen molar-refractivity contribution in [3.8, 4) is 6.07 Å². The number of nitrogens with one attached hydrogen (secondary N) is 1. The maximum absolute atomic E-state index is 12.8. The van der Waals surface area contributed by atoms with Crippen LogP contribution in [0.3, 0.4) is 0 Å². The maximum atomic E-state index is 12.8. The van der Waals surface area contributed by atoms with Gasteiger partial charge in [-0.2, -0.15) is 5.26 Å². The van der Waals surface area contributed by atoms with Crippen LogP contribution in [-0.4, -0.2) is 17.6 Å². The predicted octanol–water partition coefficient (Wildman–Crippen LogP) is 2.45. The first-order chi connectivity index (χ1) is 10.1. The summed E-state index contributed by atoms with van der Waals surface area (Å²) >= 11 is 0. The van der Waals surface area contributed by atoms with Crippen molar-refractivity contribution in [3.05, 3.63) is 35.6 Å². The number of amides is 1. The van der Waals surface area contributed by atoms with Crippen molar-refractivity contribution in [2.75, 3.05) is 6.54 Å². The molecule has 0 radical (unpaired) electrons.